The van der Waals surface area contributed by atoms with Crippen LogP contribution < -0.4 is 0 Å². The van der Waals surface area contributed by atoms with Gasteiger partial charge < -0.3 is 5.11 Å². The van der Waals surface area contributed by atoms with E-state index in [1.54, 1.807) is 0 Å². The third kappa shape index (κ3) is 1.46. The summed E-state index contributed by atoms with van der Waals surface area (Å²) in [6.45, 7) is 0. The largest absolute Gasteiger partial charge is 0.479 e. The van der Waals surface area contributed by atoms with Crippen LogP contribution in [0.2, 0.25) is 0 Å². The summed E-state index contributed by atoms with van der Waals surface area (Å²) in [5.74, 6) is -1.51. The van der Waals surface area contributed by atoms with Gasteiger partial charge in [-0.2, -0.15) is 0 Å². The van der Waals surface area contributed by atoms with Crippen LogP contribution >= 0.6 is 0 Å². The first-order valence-corrected chi connectivity index (χ1v) is 3.58. The van der Waals surface area contributed by atoms with E-state index in [4.69, 9.17) is 5.11 Å². The van der Waals surface area contributed by atoms with E-state index in [1.165, 1.54) is 0 Å². The van der Waals surface area contributed by atoms with Crippen LogP contribution in [0.1, 0.15) is 25.7 Å². The van der Waals surface area contributed by atoms with Crippen molar-refractivity contribution in [3.63, 3.8) is 0 Å². The highest BCUT2D eigenvalue weighted by Gasteiger charge is 2.29. The normalized spacial score (nSPS) is 22.9. The lowest BCUT2D eigenvalue weighted by Crippen LogP contribution is -2.22. The van der Waals surface area contributed by atoms with Gasteiger partial charge in [-0.3, -0.25) is 0 Å². The molecular formula is C7H11FO2. The molecule has 0 unspecified atom stereocenters. The molecule has 0 heterocycles. The Balaban J connectivity index is 2.39. The van der Waals surface area contributed by atoms with Gasteiger partial charge in [0.2, 0.25) is 0 Å². The summed E-state index contributed by atoms with van der Waals surface area (Å²) >= 11 is 0. The van der Waals surface area contributed by atoms with Gasteiger partial charge in [-0.05, 0) is 12.8 Å². The molecule has 1 aliphatic carbocycles. The van der Waals surface area contributed by atoms with Crippen molar-refractivity contribution in [1.29, 1.82) is 0 Å². The van der Waals surface area contributed by atoms with Gasteiger partial charge in [0.05, 0.1) is 0 Å². The zero-order valence-electron chi connectivity index (χ0n) is 5.72. The van der Waals surface area contributed by atoms with Crippen LogP contribution in [-0.2, 0) is 4.79 Å². The highest BCUT2D eigenvalue weighted by atomic mass is 19.1. The topological polar surface area (TPSA) is 37.3 Å². The summed E-state index contributed by atoms with van der Waals surface area (Å²) in [6, 6.07) is 0. The third-order valence-electron chi connectivity index (χ3n) is 2.05. The molecule has 1 atom stereocenters. The average molecular weight is 146 g/mol. The fourth-order valence-electron chi connectivity index (χ4n) is 1.45. The Hall–Kier alpha value is -0.600. The molecular weight excluding hydrogens is 135 g/mol. The number of hydrogen-bond donors (Lipinski definition) is 1. The first kappa shape index (κ1) is 7.51. The molecule has 1 fully saturated rings. The maximum Gasteiger partial charge on any atom is 0.338 e. The number of alkyl halides is 1. The lowest BCUT2D eigenvalue weighted by molar-refractivity contribution is -0.144. The van der Waals surface area contributed by atoms with E-state index in [2.05, 4.69) is 0 Å². The third-order valence-corrected chi connectivity index (χ3v) is 2.05. The lowest BCUT2D eigenvalue weighted by Gasteiger charge is -2.08. The number of carboxylic acids is 1. The van der Waals surface area contributed by atoms with Crippen LogP contribution in [0, 0.1) is 5.92 Å². The number of carboxylic acid groups (broad SMARTS) is 1. The second kappa shape index (κ2) is 2.99. The van der Waals surface area contributed by atoms with E-state index in [1.807, 2.05) is 0 Å². The molecule has 0 saturated heterocycles. The Kier molecular flexibility index (Phi) is 2.25. The van der Waals surface area contributed by atoms with Crippen molar-refractivity contribution in [1.82, 2.24) is 0 Å². The lowest BCUT2D eigenvalue weighted by atomic mass is 10.0. The van der Waals surface area contributed by atoms with E-state index in [0.29, 0.717) is 0 Å². The molecule has 58 valence electrons. The molecule has 0 aromatic carbocycles. The highest BCUT2D eigenvalue weighted by Crippen LogP contribution is 2.29. The minimum Gasteiger partial charge on any atom is -0.479 e. The van der Waals surface area contributed by atoms with Gasteiger partial charge in [-0.25, -0.2) is 9.18 Å². The van der Waals surface area contributed by atoms with Crippen LogP contribution in [0.4, 0.5) is 4.39 Å². The standard InChI is InChI=1S/C7H11FO2/c8-6(7(9)10)5-3-1-2-4-5/h5-6H,1-4H2,(H,9,10)/t6-/m1/s1. The predicted molar refractivity (Wildman–Crippen MR) is 34.5 cm³/mol. The molecule has 1 rings (SSSR count). The zero-order chi connectivity index (χ0) is 7.56. The van der Waals surface area contributed by atoms with Crippen LogP contribution in [0.3, 0.4) is 0 Å². The number of rotatable bonds is 2. The van der Waals surface area contributed by atoms with Crippen molar-refractivity contribution in [3.8, 4) is 0 Å². The number of halogens is 1. The van der Waals surface area contributed by atoms with E-state index >= 15 is 0 Å². The van der Waals surface area contributed by atoms with Gasteiger partial charge in [0.25, 0.3) is 0 Å². The Morgan fingerprint density at radius 3 is 2.40 bits per heavy atom. The van der Waals surface area contributed by atoms with Crippen LogP contribution in [0.5, 0.6) is 0 Å². The van der Waals surface area contributed by atoms with Gasteiger partial charge in [0.1, 0.15) is 0 Å². The molecule has 0 radical (unpaired) electrons. The molecule has 0 amide bonds. The van der Waals surface area contributed by atoms with Gasteiger partial charge in [-0.1, -0.05) is 12.8 Å². The molecule has 0 spiro atoms. The quantitative estimate of drug-likeness (QED) is 0.642. The molecule has 0 aromatic rings. The van der Waals surface area contributed by atoms with Gasteiger partial charge >= 0.3 is 5.97 Å². The number of carbonyl (C=O) groups is 1. The fraction of sp³-hybridized carbons (Fsp3) is 0.857. The molecule has 0 aromatic heterocycles. The Labute approximate surface area is 59.0 Å². The molecule has 3 heteroatoms. The fourth-order valence-corrected chi connectivity index (χ4v) is 1.45. The van der Waals surface area contributed by atoms with Crippen LogP contribution in [0.25, 0.3) is 0 Å². The maximum absolute atomic E-state index is 12.6. The van der Waals surface area contributed by atoms with Crippen molar-refractivity contribution >= 4 is 5.97 Å². The minimum atomic E-state index is -1.62. The molecule has 0 aliphatic heterocycles. The minimum absolute atomic E-state index is 0.211. The van der Waals surface area contributed by atoms with Gasteiger partial charge in [0, 0.05) is 5.92 Å². The summed E-state index contributed by atoms with van der Waals surface area (Å²) in [6.07, 6.45) is 1.83. The predicted octanol–water partition coefficient (Wildman–Crippen LogP) is 1.60. The Morgan fingerprint density at radius 1 is 1.50 bits per heavy atom. The van der Waals surface area contributed by atoms with E-state index in [0.717, 1.165) is 25.7 Å². The molecule has 1 saturated carbocycles. The molecule has 0 bridgehead atoms. The SMILES string of the molecule is O=C(O)[C@H](F)C1CCCC1. The number of aliphatic carboxylic acids is 1. The van der Waals surface area contributed by atoms with Gasteiger partial charge in [0.15, 0.2) is 6.17 Å². The Bertz CT molecular complexity index is 130. The summed E-state index contributed by atoms with van der Waals surface area (Å²) < 4.78 is 12.6. The first-order chi connectivity index (χ1) is 4.72. The maximum atomic E-state index is 12.6. The summed E-state index contributed by atoms with van der Waals surface area (Å²) in [4.78, 5) is 10.1. The smallest absolute Gasteiger partial charge is 0.338 e. The molecule has 1 N–H and O–H groups in total. The van der Waals surface area contributed by atoms with Crippen LogP contribution in [-0.4, -0.2) is 17.2 Å². The molecule has 2 nitrogen and oxygen atoms in total. The van der Waals surface area contributed by atoms with Crippen molar-refractivity contribution in [3.05, 3.63) is 0 Å². The van der Waals surface area contributed by atoms with Crippen molar-refractivity contribution in [2.45, 2.75) is 31.9 Å². The number of hydrogen-bond acceptors (Lipinski definition) is 1. The van der Waals surface area contributed by atoms with E-state index < -0.39 is 12.1 Å². The second-order valence-electron chi connectivity index (χ2n) is 2.78. The highest BCUT2D eigenvalue weighted by molar-refractivity contribution is 5.72. The van der Waals surface area contributed by atoms with Crippen molar-refractivity contribution in [2.24, 2.45) is 5.92 Å². The monoisotopic (exact) mass is 146 g/mol. The molecule has 10 heavy (non-hydrogen) atoms. The van der Waals surface area contributed by atoms with E-state index in [9.17, 15) is 9.18 Å². The first-order valence-electron chi connectivity index (χ1n) is 3.58. The average Bonchev–Trinajstić information content (AvgIpc) is 2.36. The Morgan fingerprint density at radius 2 is 2.00 bits per heavy atom. The zero-order valence-corrected chi connectivity index (χ0v) is 5.72. The van der Waals surface area contributed by atoms with Gasteiger partial charge in [-0.15, -0.1) is 0 Å². The van der Waals surface area contributed by atoms with Crippen LogP contribution in [0.15, 0.2) is 0 Å². The van der Waals surface area contributed by atoms with E-state index in [-0.39, 0.29) is 5.92 Å². The molecule has 1 aliphatic rings. The summed E-state index contributed by atoms with van der Waals surface area (Å²) in [7, 11) is 0. The summed E-state index contributed by atoms with van der Waals surface area (Å²) in [5, 5.41) is 8.27. The summed E-state index contributed by atoms with van der Waals surface area (Å²) in [5.41, 5.74) is 0. The van der Waals surface area contributed by atoms with Crippen molar-refractivity contribution < 1.29 is 14.3 Å². The second-order valence-corrected chi connectivity index (χ2v) is 2.78. The van der Waals surface area contributed by atoms with Crippen molar-refractivity contribution in [2.75, 3.05) is 0 Å².